The monoisotopic (exact) mass is 1020 g/mol. The highest BCUT2D eigenvalue weighted by atomic mass is 32.2. The van der Waals surface area contributed by atoms with E-state index in [0.717, 1.165) is 51.0 Å². The van der Waals surface area contributed by atoms with Crippen LogP contribution in [-0.2, 0) is 25.4 Å². The number of aryl methyl sites for hydroxylation is 2. The Morgan fingerprint density at radius 2 is 1.23 bits per heavy atom. The molecule has 5 heterocycles. The van der Waals surface area contributed by atoms with E-state index < -0.39 is 39.0 Å². The molecule has 2 saturated heterocycles. The normalized spacial score (nSPS) is 14.7. The summed E-state index contributed by atoms with van der Waals surface area (Å²) in [5, 5.41) is 5.68. The van der Waals surface area contributed by atoms with Crippen molar-refractivity contribution < 1.29 is 50.7 Å². The van der Waals surface area contributed by atoms with Crippen molar-refractivity contribution in [1.82, 2.24) is 15.0 Å². The van der Waals surface area contributed by atoms with Crippen molar-refractivity contribution in [2.75, 3.05) is 106 Å². The molecule has 0 spiro atoms. The number of anilines is 4. The lowest BCUT2D eigenvalue weighted by molar-refractivity contribution is -0.141. The first-order valence-corrected chi connectivity index (χ1v) is 25.8. The van der Waals surface area contributed by atoms with Gasteiger partial charge < -0.3 is 44.1 Å². The third-order valence-electron chi connectivity index (χ3n) is 12.2. The Bertz CT molecular complexity index is 3100. The van der Waals surface area contributed by atoms with Crippen LogP contribution in [0.5, 0.6) is 17.5 Å². The van der Waals surface area contributed by atoms with Crippen LogP contribution in [-0.4, -0.2) is 116 Å². The number of morpholine rings is 2. The fourth-order valence-corrected chi connectivity index (χ4v) is 9.61. The number of carbonyl (C=O) groups is 2. The molecule has 16 nitrogen and oxygen atoms in total. The van der Waals surface area contributed by atoms with E-state index >= 15 is 0 Å². The number of hydrogen-bond acceptors (Lipinski definition) is 14. The lowest BCUT2D eigenvalue weighted by atomic mass is 10.0. The molecule has 2 fully saturated rings. The number of aromatic nitrogens is 3. The molecule has 0 bridgehead atoms. The van der Waals surface area contributed by atoms with Gasteiger partial charge in [0.05, 0.1) is 67.7 Å². The van der Waals surface area contributed by atoms with Gasteiger partial charge in [-0.05, 0) is 111 Å². The number of nitrogens with one attached hydrogen (secondary N) is 2. The number of amides is 2. The SMILES string of the molecule is CCOc1ncc(-c2cc(NC(=O)c3cccc(S(C)(=O)=NCCOc4cnc(C(F)(F)F)cc4C(=O)Nc4ccc(C)c(-c5cnc(OCC)c(N6CCOCC6)c5)c4)c3)ccc2C)cc1N1CCOCC1. The fourth-order valence-electron chi connectivity index (χ4n) is 8.36. The summed E-state index contributed by atoms with van der Waals surface area (Å²) in [5.74, 6) is -0.537. The van der Waals surface area contributed by atoms with Crippen LogP contribution in [0.15, 0.2) is 107 Å². The number of hydrogen-bond donors (Lipinski definition) is 2. The molecule has 73 heavy (non-hydrogen) atoms. The van der Waals surface area contributed by atoms with Gasteiger partial charge in [0.15, 0.2) is 0 Å². The van der Waals surface area contributed by atoms with Crippen LogP contribution in [0.25, 0.3) is 22.3 Å². The van der Waals surface area contributed by atoms with Crippen LogP contribution in [0.3, 0.4) is 0 Å². The number of nitrogens with zero attached hydrogens (tertiary/aromatic N) is 6. The lowest BCUT2D eigenvalue weighted by Crippen LogP contribution is -2.36. The Hall–Kier alpha value is -7.29. The first kappa shape index (κ1) is 52.0. The van der Waals surface area contributed by atoms with Crippen molar-refractivity contribution in [3.8, 4) is 39.8 Å². The standard InChI is InChI=1S/C53H57F3N8O8S/c1-6-70-51-45(63-16-21-68-22-17-63)26-37(31-58-51)42-28-39(13-11-34(42)3)61-49(65)36-9-8-10-41(25-36)73(5,67)60-15-20-72-47-33-57-48(53(54,55)56)30-44(47)50(66)62-40-14-12-35(4)43(29-40)38-27-46(52(59-32-38)71-7-2)64-18-23-69-24-19-64/h8-14,25-33H,6-7,15-24H2,1-5H3,(H,61,65)(H,62,66). The van der Waals surface area contributed by atoms with Crippen molar-refractivity contribution in [2.45, 2.75) is 38.8 Å². The van der Waals surface area contributed by atoms with Gasteiger partial charge in [0.1, 0.15) is 29.4 Å². The van der Waals surface area contributed by atoms with Crippen molar-refractivity contribution in [2.24, 2.45) is 4.36 Å². The molecular weight excluding hydrogens is 966 g/mol. The maximum atomic E-state index is 14.0. The average molecular weight is 1020 g/mol. The van der Waals surface area contributed by atoms with E-state index in [2.05, 4.69) is 39.7 Å². The first-order valence-electron chi connectivity index (χ1n) is 23.9. The number of carbonyl (C=O) groups excluding carboxylic acids is 2. The first-order chi connectivity index (χ1) is 35.1. The van der Waals surface area contributed by atoms with Gasteiger partial charge in [-0.15, -0.1) is 0 Å². The molecule has 0 aliphatic carbocycles. The number of rotatable bonds is 17. The van der Waals surface area contributed by atoms with Crippen molar-refractivity contribution in [3.05, 3.63) is 125 Å². The molecule has 0 radical (unpaired) electrons. The molecule has 2 aliphatic heterocycles. The van der Waals surface area contributed by atoms with Crippen molar-refractivity contribution in [3.63, 3.8) is 0 Å². The summed E-state index contributed by atoms with van der Waals surface area (Å²) in [6.07, 6.45) is 0.809. The van der Waals surface area contributed by atoms with Crippen LogP contribution >= 0.6 is 0 Å². The highest BCUT2D eigenvalue weighted by molar-refractivity contribution is 7.93. The molecule has 3 aromatic heterocycles. The Morgan fingerprint density at radius 1 is 0.699 bits per heavy atom. The van der Waals surface area contributed by atoms with E-state index in [0.29, 0.717) is 95.0 Å². The average Bonchev–Trinajstić information content (AvgIpc) is 3.39. The Labute approximate surface area is 422 Å². The molecule has 0 saturated carbocycles. The Kier molecular flexibility index (Phi) is 16.4. The Balaban J connectivity index is 0.953. The summed E-state index contributed by atoms with van der Waals surface area (Å²) in [7, 11) is -3.13. The van der Waals surface area contributed by atoms with E-state index in [4.69, 9.17) is 23.7 Å². The second-order valence-electron chi connectivity index (χ2n) is 17.2. The highest BCUT2D eigenvalue weighted by Crippen LogP contribution is 2.37. The fraction of sp³-hybridized carbons (Fsp3) is 0.340. The zero-order valence-electron chi connectivity index (χ0n) is 41.2. The smallest absolute Gasteiger partial charge is 0.433 e. The summed E-state index contributed by atoms with van der Waals surface area (Å²) in [4.78, 5) is 44.9. The molecule has 1 atom stereocenters. The summed E-state index contributed by atoms with van der Waals surface area (Å²) < 4.78 is 88.8. The minimum Gasteiger partial charge on any atom is -0.489 e. The van der Waals surface area contributed by atoms with Crippen LogP contribution in [0.4, 0.5) is 35.9 Å². The molecule has 2 N–H and O–H groups in total. The molecular formula is C53H57F3N8O8S. The van der Waals surface area contributed by atoms with Crippen LogP contribution < -0.4 is 34.6 Å². The van der Waals surface area contributed by atoms with Gasteiger partial charge in [-0.3, -0.25) is 9.59 Å². The quantitative estimate of drug-likeness (QED) is 0.0827. The van der Waals surface area contributed by atoms with E-state index in [9.17, 15) is 27.0 Å². The van der Waals surface area contributed by atoms with E-state index in [-0.39, 0.29) is 29.4 Å². The van der Waals surface area contributed by atoms with Gasteiger partial charge in [-0.1, -0.05) is 18.2 Å². The predicted octanol–water partition coefficient (Wildman–Crippen LogP) is 9.35. The molecule has 20 heteroatoms. The van der Waals surface area contributed by atoms with E-state index in [1.165, 1.54) is 12.3 Å². The maximum Gasteiger partial charge on any atom is 0.433 e. The van der Waals surface area contributed by atoms with Gasteiger partial charge >= 0.3 is 6.18 Å². The minimum absolute atomic E-state index is 0.183. The number of benzene rings is 3. The van der Waals surface area contributed by atoms with Gasteiger partial charge in [0.2, 0.25) is 11.8 Å². The second kappa shape index (κ2) is 23.1. The third kappa shape index (κ3) is 12.7. The summed E-state index contributed by atoms with van der Waals surface area (Å²) in [6, 6.07) is 21.6. The van der Waals surface area contributed by atoms with E-state index in [1.54, 1.807) is 54.9 Å². The van der Waals surface area contributed by atoms with Crippen molar-refractivity contribution >= 4 is 44.3 Å². The minimum atomic E-state index is -4.86. The number of halogens is 3. The molecule has 1 unspecified atom stereocenters. The Morgan fingerprint density at radius 3 is 1.75 bits per heavy atom. The molecule has 2 amide bonds. The summed E-state index contributed by atoms with van der Waals surface area (Å²) in [5.41, 5.74) is 6.05. The predicted molar refractivity (Wildman–Crippen MR) is 274 cm³/mol. The number of alkyl halides is 3. The number of pyridine rings is 3. The third-order valence-corrected chi connectivity index (χ3v) is 14.0. The van der Waals surface area contributed by atoms with Crippen molar-refractivity contribution in [1.29, 1.82) is 0 Å². The van der Waals surface area contributed by atoms with Gasteiger partial charge in [-0.2, -0.15) is 13.2 Å². The topological polar surface area (TPSA) is 179 Å². The zero-order chi connectivity index (χ0) is 51.7. The molecule has 6 aromatic rings. The second-order valence-corrected chi connectivity index (χ2v) is 19.6. The van der Waals surface area contributed by atoms with E-state index in [1.807, 2.05) is 52.0 Å². The molecule has 2 aliphatic rings. The highest BCUT2D eigenvalue weighted by Gasteiger charge is 2.34. The molecule has 8 rings (SSSR count). The van der Waals surface area contributed by atoms with Gasteiger partial charge in [0.25, 0.3) is 11.8 Å². The van der Waals surface area contributed by atoms with Crippen LogP contribution in [0.2, 0.25) is 0 Å². The number of ether oxygens (including phenoxy) is 5. The van der Waals surface area contributed by atoms with Gasteiger partial charge in [0, 0.05) is 77.8 Å². The molecule has 3 aromatic carbocycles. The zero-order valence-corrected chi connectivity index (χ0v) is 42.0. The molecule has 384 valence electrons. The maximum absolute atomic E-state index is 14.0. The van der Waals surface area contributed by atoms with Gasteiger partial charge in [-0.25, -0.2) is 23.5 Å². The van der Waals surface area contributed by atoms with Crippen LogP contribution in [0.1, 0.15) is 51.4 Å². The lowest BCUT2D eigenvalue weighted by Gasteiger charge is -2.30. The summed E-state index contributed by atoms with van der Waals surface area (Å²) >= 11 is 0. The largest absolute Gasteiger partial charge is 0.489 e. The van der Waals surface area contributed by atoms with Crippen LogP contribution in [0, 0.1) is 13.8 Å². The summed E-state index contributed by atoms with van der Waals surface area (Å²) in [6.45, 7) is 13.1.